The number of aliphatic hydroxyl groups excluding tert-OH is 2. The topological polar surface area (TPSA) is 206 Å². The molecular weight excluding hydrogens is 758 g/mol. The minimum absolute atomic E-state index is 0.0460. The summed E-state index contributed by atoms with van der Waals surface area (Å²) in [6.45, 7) is 13.5. The average molecular weight is 828 g/mol. The van der Waals surface area contributed by atoms with Crippen LogP contribution in [0.5, 0.6) is 0 Å². The molecule has 16 unspecified atom stereocenters. The summed E-state index contributed by atoms with van der Waals surface area (Å²) in [6.07, 6.45) is -4.11. The molecule has 16 nitrogen and oxygen atoms in total. The van der Waals surface area contributed by atoms with Crippen molar-refractivity contribution in [3.63, 3.8) is 0 Å². The van der Waals surface area contributed by atoms with E-state index in [0.29, 0.717) is 12.7 Å². The summed E-state index contributed by atoms with van der Waals surface area (Å²) in [5, 5.41) is 34.6. The van der Waals surface area contributed by atoms with Crippen molar-refractivity contribution in [2.45, 2.75) is 179 Å². The molecule has 0 bridgehead atoms. The van der Waals surface area contributed by atoms with Gasteiger partial charge >= 0.3 is 17.9 Å². The number of esters is 3. The third kappa shape index (κ3) is 14.2. The van der Waals surface area contributed by atoms with Crippen molar-refractivity contribution in [2.75, 3.05) is 21.2 Å². The van der Waals surface area contributed by atoms with Crippen LogP contribution < -0.4 is 0 Å². The molecule has 3 rings (SSSR count). The van der Waals surface area contributed by atoms with Crippen LogP contribution in [-0.4, -0.2) is 151 Å². The van der Waals surface area contributed by atoms with Gasteiger partial charge in [-0.15, -0.1) is 0 Å². The number of carbonyl (C=O) groups is 4. The number of methoxy groups -OCH3 is 1. The molecule has 3 aliphatic rings. The quantitative estimate of drug-likeness (QED) is 0.147. The third-order valence-electron chi connectivity index (χ3n) is 10.9. The maximum Gasteiger partial charge on any atom is 0.309 e. The summed E-state index contributed by atoms with van der Waals surface area (Å²) in [6, 6.07) is -0.782. The van der Waals surface area contributed by atoms with Crippen LogP contribution in [0.2, 0.25) is 0 Å². The van der Waals surface area contributed by atoms with Crippen LogP contribution in [0.3, 0.4) is 0 Å². The molecule has 0 spiro atoms. The number of nitrogens with zero attached hydrogens (tertiary/aromatic N) is 1. The largest absolute Gasteiger partial charge is 0.462 e. The highest BCUT2D eigenvalue weighted by Gasteiger charge is 2.53. The molecule has 0 aromatic heterocycles. The van der Waals surface area contributed by atoms with E-state index in [1.165, 1.54) is 14.0 Å². The first kappa shape index (κ1) is 49.6. The number of hydrogen-bond donors (Lipinski definition) is 3. The molecule has 16 atom stereocenters. The van der Waals surface area contributed by atoms with Crippen LogP contribution in [0.15, 0.2) is 24.3 Å². The standard InChI is InChI=1S/C42H69NO15/c1-23(2)19-32(47)56-40-27(6)53-34(22-42(40,8)50)57-37-26(5)54-41(36(49)35(37)43(9)10)58-38-29(17-18-44)20-24(3)30(46)16-14-12-13-15-25(4)52-33(48)21-31(39(38)51-11)55-28(7)45/h12-14,16,18,23-27,29-31,34-41,46,49-50H,15,17,19-22H2,1-11H3/b13-12+,16-14+. The number of aldehydes is 1. The van der Waals surface area contributed by atoms with E-state index in [4.69, 9.17) is 37.9 Å². The summed E-state index contributed by atoms with van der Waals surface area (Å²) < 4.78 is 48.6. The van der Waals surface area contributed by atoms with Crippen LogP contribution in [-0.2, 0) is 57.1 Å². The molecule has 332 valence electrons. The molecule has 0 aromatic carbocycles. The Hall–Kier alpha value is -2.80. The summed E-state index contributed by atoms with van der Waals surface area (Å²) in [7, 11) is 4.86. The summed E-state index contributed by atoms with van der Waals surface area (Å²) in [4.78, 5) is 52.3. The Labute approximate surface area is 343 Å². The molecule has 3 heterocycles. The van der Waals surface area contributed by atoms with Gasteiger partial charge in [-0.3, -0.25) is 14.4 Å². The van der Waals surface area contributed by atoms with E-state index in [-0.39, 0.29) is 31.6 Å². The van der Waals surface area contributed by atoms with E-state index in [2.05, 4.69) is 0 Å². The average Bonchev–Trinajstić information content (AvgIpc) is 3.09. The van der Waals surface area contributed by atoms with Crippen molar-refractivity contribution in [3.8, 4) is 0 Å². The predicted octanol–water partition coefficient (Wildman–Crippen LogP) is 3.01. The van der Waals surface area contributed by atoms with Gasteiger partial charge in [0.15, 0.2) is 18.7 Å². The van der Waals surface area contributed by atoms with E-state index in [9.17, 15) is 34.5 Å². The Morgan fingerprint density at radius 3 is 2.29 bits per heavy atom. The minimum Gasteiger partial charge on any atom is -0.462 e. The zero-order valence-corrected chi connectivity index (χ0v) is 36.1. The Balaban J connectivity index is 1.98. The number of aliphatic hydroxyl groups is 3. The highest BCUT2D eigenvalue weighted by atomic mass is 16.7. The van der Waals surface area contributed by atoms with Crippen LogP contribution in [0, 0.1) is 17.8 Å². The smallest absolute Gasteiger partial charge is 0.309 e. The summed E-state index contributed by atoms with van der Waals surface area (Å²) in [5.74, 6) is -2.82. The Morgan fingerprint density at radius 2 is 1.71 bits per heavy atom. The number of carbonyl (C=O) groups excluding carboxylic acids is 4. The number of likely N-dealkylation sites (N-methyl/N-ethyl adjacent to an activating group) is 1. The zero-order valence-electron chi connectivity index (χ0n) is 36.1. The molecule has 0 aromatic rings. The van der Waals surface area contributed by atoms with Crippen LogP contribution in [0.25, 0.3) is 0 Å². The van der Waals surface area contributed by atoms with Gasteiger partial charge < -0.3 is 62.9 Å². The molecule has 0 saturated carbocycles. The van der Waals surface area contributed by atoms with Crippen LogP contribution in [0.4, 0.5) is 0 Å². The number of rotatable bonds is 12. The Kier molecular flexibility index (Phi) is 19.4. The molecule has 16 heteroatoms. The fraction of sp³-hybridized carbons (Fsp3) is 0.810. The molecule has 0 radical (unpaired) electrons. The highest BCUT2D eigenvalue weighted by Crippen LogP contribution is 2.38. The van der Waals surface area contributed by atoms with Gasteiger partial charge in [0.2, 0.25) is 0 Å². The lowest BCUT2D eigenvalue weighted by molar-refractivity contribution is -0.344. The van der Waals surface area contributed by atoms with Crippen molar-refractivity contribution in [3.05, 3.63) is 24.3 Å². The van der Waals surface area contributed by atoms with E-state index in [0.717, 1.165) is 0 Å². The maximum absolute atomic E-state index is 13.2. The Bertz CT molecular complexity index is 1390. The molecule has 0 amide bonds. The van der Waals surface area contributed by atoms with Gasteiger partial charge in [-0.25, -0.2) is 0 Å². The second kappa shape index (κ2) is 22.7. The second-order valence-corrected chi connectivity index (χ2v) is 17.0. The van der Waals surface area contributed by atoms with Gasteiger partial charge in [-0.1, -0.05) is 45.1 Å². The lowest BCUT2D eigenvalue weighted by Crippen LogP contribution is -2.66. The monoisotopic (exact) mass is 827 g/mol. The Morgan fingerprint density at radius 1 is 1.02 bits per heavy atom. The van der Waals surface area contributed by atoms with Gasteiger partial charge in [0.1, 0.15) is 42.4 Å². The van der Waals surface area contributed by atoms with Gasteiger partial charge in [0.05, 0.1) is 36.9 Å². The summed E-state index contributed by atoms with van der Waals surface area (Å²) in [5.41, 5.74) is -1.50. The van der Waals surface area contributed by atoms with Crippen molar-refractivity contribution in [2.24, 2.45) is 17.8 Å². The van der Waals surface area contributed by atoms with E-state index in [1.807, 2.05) is 20.8 Å². The van der Waals surface area contributed by atoms with Gasteiger partial charge in [0, 0.05) is 39.7 Å². The molecular formula is C42H69NO15. The zero-order chi connectivity index (χ0) is 43.5. The van der Waals surface area contributed by atoms with Gasteiger partial charge in [-0.2, -0.15) is 0 Å². The number of hydrogen-bond acceptors (Lipinski definition) is 16. The third-order valence-corrected chi connectivity index (χ3v) is 10.9. The highest BCUT2D eigenvalue weighted by molar-refractivity contribution is 5.72. The number of allylic oxidation sites excluding steroid dienone is 2. The second-order valence-electron chi connectivity index (χ2n) is 17.0. The van der Waals surface area contributed by atoms with Gasteiger partial charge in [0.25, 0.3) is 0 Å². The van der Waals surface area contributed by atoms with Crippen LogP contribution in [0.1, 0.15) is 93.9 Å². The normalized spacial score (nSPS) is 40.7. The van der Waals surface area contributed by atoms with E-state index >= 15 is 0 Å². The van der Waals surface area contributed by atoms with Gasteiger partial charge in [-0.05, 0) is 66.0 Å². The van der Waals surface area contributed by atoms with Crippen molar-refractivity contribution in [1.29, 1.82) is 0 Å². The summed E-state index contributed by atoms with van der Waals surface area (Å²) >= 11 is 0. The molecule has 2 fully saturated rings. The predicted molar refractivity (Wildman–Crippen MR) is 210 cm³/mol. The molecule has 0 aliphatic carbocycles. The fourth-order valence-electron chi connectivity index (χ4n) is 8.08. The molecule has 3 aliphatic heterocycles. The van der Waals surface area contributed by atoms with Crippen molar-refractivity contribution < 1.29 is 72.4 Å². The first-order valence-electron chi connectivity index (χ1n) is 20.4. The lowest BCUT2D eigenvalue weighted by atomic mass is 9.82. The van der Waals surface area contributed by atoms with Crippen LogP contribution >= 0.6 is 0 Å². The SMILES string of the molecule is COC1C(OC(C)=O)CC(=O)OC(C)C/C=C/C=C/C(O)C(C)CC(CC=O)C1OC1OC(C)C(OC2CC(C)(O)C(OC(=O)CC(C)C)C(C)O2)C(N(C)C)C1O. The fourth-order valence-corrected chi connectivity index (χ4v) is 8.08. The molecule has 58 heavy (non-hydrogen) atoms. The first-order chi connectivity index (χ1) is 27.2. The molecule has 3 N–H and O–H groups in total. The van der Waals surface area contributed by atoms with Crippen molar-refractivity contribution in [1.82, 2.24) is 4.90 Å². The lowest BCUT2D eigenvalue weighted by Gasteiger charge is -2.50. The van der Waals surface area contributed by atoms with Crippen molar-refractivity contribution >= 4 is 24.2 Å². The number of ether oxygens (including phenoxy) is 8. The minimum atomic E-state index is -1.50. The maximum atomic E-state index is 13.2. The molecule has 2 saturated heterocycles. The first-order valence-corrected chi connectivity index (χ1v) is 20.4. The number of cyclic esters (lactones) is 1. The van der Waals surface area contributed by atoms with E-state index < -0.39 is 121 Å². The van der Waals surface area contributed by atoms with E-state index in [1.54, 1.807) is 71.0 Å².